The number of aliphatic imine (C=N–C) groups is 1. The summed E-state index contributed by atoms with van der Waals surface area (Å²) in [6.45, 7) is 2.93. The summed E-state index contributed by atoms with van der Waals surface area (Å²) in [7, 11) is 1.78. The smallest absolute Gasteiger partial charge is 0.151 e. The molecule has 5 nitrogen and oxygen atoms in total. The lowest BCUT2D eigenvalue weighted by molar-refractivity contribution is -0.0251. The molecule has 114 valence electrons. The summed E-state index contributed by atoms with van der Waals surface area (Å²) in [6, 6.07) is 10.4. The van der Waals surface area contributed by atoms with Crippen LogP contribution in [-0.4, -0.2) is 48.9 Å². The largest absolute Gasteiger partial charge is 0.379 e. The summed E-state index contributed by atoms with van der Waals surface area (Å²) in [6.07, 6.45) is 6.59. The molecular formula is C17H20N4O. The minimum absolute atomic E-state index is 0.0488. The van der Waals surface area contributed by atoms with E-state index >= 15 is 0 Å². The second kappa shape index (κ2) is 5.59. The molecule has 1 aromatic carbocycles. The number of allylic oxidation sites excluding steroid dienone is 1. The van der Waals surface area contributed by atoms with Crippen molar-refractivity contribution in [3.63, 3.8) is 0 Å². The van der Waals surface area contributed by atoms with Gasteiger partial charge in [-0.05, 0) is 5.56 Å². The van der Waals surface area contributed by atoms with Crippen LogP contribution in [0.2, 0.25) is 0 Å². The lowest BCUT2D eigenvalue weighted by atomic mass is 10.1. The minimum Gasteiger partial charge on any atom is -0.379 e. The summed E-state index contributed by atoms with van der Waals surface area (Å²) < 4.78 is 5.33. The summed E-state index contributed by atoms with van der Waals surface area (Å²) >= 11 is 0. The quantitative estimate of drug-likeness (QED) is 0.918. The molecule has 1 saturated heterocycles. The molecule has 1 unspecified atom stereocenters. The second-order valence-electron chi connectivity index (χ2n) is 5.89. The van der Waals surface area contributed by atoms with Gasteiger partial charge in [-0.25, -0.2) is 0 Å². The van der Waals surface area contributed by atoms with E-state index in [1.165, 1.54) is 11.3 Å². The molecular weight excluding hydrogens is 276 g/mol. The van der Waals surface area contributed by atoms with E-state index in [-0.39, 0.29) is 6.17 Å². The van der Waals surface area contributed by atoms with Crippen LogP contribution in [0.25, 0.3) is 0 Å². The standard InChI is InChI=1S/C17H20N4O/c1-22-16-11-20(12-16)9-14-10-21-15(7-18-14)8-19-17(21)13-5-3-2-4-6-13/h2-8,10,16-18H,9,11-12H2,1H3. The Hall–Kier alpha value is -2.11. The van der Waals surface area contributed by atoms with Crippen LogP contribution < -0.4 is 5.32 Å². The predicted octanol–water partition coefficient (Wildman–Crippen LogP) is 1.69. The van der Waals surface area contributed by atoms with Crippen molar-refractivity contribution >= 4 is 6.21 Å². The number of benzene rings is 1. The van der Waals surface area contributed by atoms with E-state index in [4.69, 9.17) is 4.74 Å². The van der Waals surface area contributed by atoms with Crippen LogP contribution >= 0.6 is 0 Å². The highest BCUT2D eigenvalue weighted by Crippen LogP contribution is 2.32. The minimum atomic E-state index is 0.0488. The highest BCUT2D eigenvalue weighted by Gasteiger charge is 2.30. The Kier molecular flexibility index (Phi) is 3.44. The fourth-order valence-electron chi connectivity index (χ4n) is 3.06. The van der Waals surface area contributed by atoms with E-state index in [2.05, 4.69) is 50.6 Å². The van der Waals surface area contributed by atoms with Crippen molar-refractivity contribution < 1.29 is 4.74 Å². The van der Waals surface area contributed by atoms with Gasteiger partial charge in [0.2, 0.25) is 0 Å². The van der Waals surface area contributed by atoms with E-state index in [1.54, 1.807) is 7.11 Å². The third-order valence-corrected chi connectivity index (χ3v) is 4.36. The van der Waals surface area contributed by atoms with Crippen molar-refractivity contribution in [2.45, 2.75) is 12.3 Å². The van der Waals surface area contributed by atoms with E-state index in [0.717, 1.165) is 25.3 Å². The van der Waals surface area contributed by atoms with Crippen LogP contribution in [0.15, 0.2) is 59.1 Å². The number of rotatable bonds is 4. The highest BCUT2D eigenvalue weighted by molar-refractivity contribution is 5.81. The lowest BCUT2D eigenvalue weighted by Crippen LogP contribution is -2.53. The highest BCUT2D eigenvalue weighted by atomic mass is 16.5. The molecule has 3 heterocycles. The SMILES string of the molecule is COC1CN(CC2=CN3C(=CN2)C=NC3c2ccccc2)C1. The molecule has 1 fully saturated rings. The molecule has 0 radical (unpaired) electrons. The molecule has 0 bridgehead atoms. The van der Waals surface area contributed by atoms with Gasteiger partial charge in [-0.15, -0.1) is 0 Å². The predicted molar refractivity (Wildman–Crippen MR) is 86.1 cm³/mol. The maximum atomic E-state index is 5.33. The van der Waals surface area contributed by atoms with E-state index in [1.807, 2.05) is 18.5 Å². The summed E-state index contributed by atoms with van der Waals surface area (Å²) in [4.78, 5) is 9.24. The topological polar surface area (TPSA) is 40.1 Å². The molecule has 0 spiro atoms. The van der Waals surface area contributed by atoms with Gasteiger partial charge in [0.05, 0.1) is 11.8 Å². The fraction of sp³-hybridized carbons (Fsp3) is 0.353. The first kappa shape index (κ1) is 13.5. The molecule has 1 N–H and O–H groups in total. The Balaban J connectivity index is 1.47. The fourth-order valence-corrected chi connectivity index (χ4v) is 3.06. The molecule has 0 saturated carbocycles. The Morgan fingerprint density at radius 2 is 2.09 bits per heavy atom. The molecule has 1 aromatic rings. The van der Waals surface area contributed by atoms with Gasteiger partial charge in [-0.3, -0.25) is 9.89 Å². The molecule has 0 amide bonds. The monoisotopic (exact) mass is 296 g/mol. The maximum Gasteiger partial charge on any atom is 0.151 e. The van der Waals surface area contributed by atoms with Gasteiger partial charge in [0.15, 0.2) is 6.17 Å². The average molecular weight is 296 g/mol. The van der Waals surface area contributed by atoms with Gasteiger partial charge < -0.3 is 15.0 Å². The Labute approximate surface area is 130 Å². The van der Waals surface area contributed by atoms with E-state index < -0.39 is 0 Å². The van der Waals surface area contributed by atoms with Gasteiger partial charge in [0.25, 0.3) is 0 Å². The first-order chi connectivity index (χ1) is 10.8. The average Bonchev–Trinajstić information content (AvgIpc) is 2.94. The van der Waals surface area contributed by atoms with Crippen molar-refractivity contribution in [2.24, 2.45) is 4.99 Å². The van der Waals surface area contributed by atoms with Crippen LogP contribution in [0.4, 0.5) is 0 Å². The van der Waals surface area contributed by atoms with Crippen LogP contribution in [0.3, 0.4) is 0 Å². The number of hydrogen-bond donors (Lipinski definition) is 1. The maximum absolute atomic E-state index is 5.33. The Morgan fingerprint density at radius 1 is 1.27 bits per heavy atom. The van der Waals surface area contributed by atoms with Crippen molar-refractivity contribution in [1.82, 2.24) is 15.1 Å². The molecule has 0 aliphatic carbocycles. The van der Waals surface area contributed by atoms with Crippen LogP contribution in [0.1, 0.15) is 11.7 Å². The summed E-state index contributed by atoms with van der Waals surface area (Å²) in [5.74, 6) is 0. The third-order valence-electron chi connectivity index (χ3n) is 4.36. The molecule has 1 atom stereocenters. The van der Waals surface area contributed by atoms with Gasteiger partial charge >= 0.3 is 0 Å². The number of methoxy groups -OCH3 is 1. The van der Waals surface area contributed by atoms with Crippen LogP contribution in [-0.2, 0) is 4.74 Å². The number of nitrogens with one attached hydrogen (secondary N) is 1. The summed E-state index contributed by atoms with van der Waals surface area (Å²) in [5.41, 5.74) is 3.52. The molecule has 0 aromatic heterocycles. The number of ether oxygens (including phenoxy) is 1. The van der Waals surface area contributed by atoms with Crippen LogP contribution in [0.5, 0.6) is 0 Å². The number of fused-ring (bicyclic) bond motifs is 1. The molecule has 4 rings (SSSR count). The number of nitrogens with zero attached hydrogens (tertiary/aromatic N) is 3. The molecule has 22 heavy (non-hydrogen) atoms. The van der Waals surface area contributed by atoms with Crippen molar-refractivity contribution in [3.05, 3.63) is 59.7 Å². The van der Waals surface area contributed by atoms with Gasteiger partial charge in [-0.2, -0.15) is 0 Å². The zero-order valence-electron chi connectivity index (χ0n) is 12.6. The molecule has 3 aliphatic heterocycles. The molecule has 3 aliphatic rings. The van der Waals surface area contributed by atoms with E-state index in [0.29, 0.717) is 6.10 Å². The zero-order chi connectivity index (χ0) is 14.9. The van der Waals surface area contributed by atoms with Gasteiger partial charge in [0, 0.05) is 51.1 Å². The normalized spacial score (nSPS) is 24.4. The molecule has 5 heteroatoms. The number of hydrogen-bond acceptors (Lipinski definition) is 5. The van der Waals surface area contributed by atoms with Crippen LogP contribution in [0, 0.1) is 0 Å². The Bertz CT molecular complexity index is 631. The first-order valence-corrected chi connectivity index (χ1v) is 7.62. The third kappa shape index (κ3) is 2.42. The first-order valence-electron chi connectivity index (χ1n) is 7.62. The van der Waals surface area contributed by atoms with Crippen molar-refractivity contribution in [1.29, 1.82) is 0 Å². The number of likely N-dealkylation sites (tertiary alicyclic amines) is 1. The second-order valence-corrected chi connectivity index (χ2v) is 5.89. The van der Waals surface area contributed by atoms with E-state index in [9.17, 15) is 0 Å². The van der Waals surface area contributed by atoms with Crippen molar-refractivity contribution in [3.8, 4) is 0 Å². The van der Waals surface area contributed by atoms with Crippen molar-refractivity contribution in [2.75, 3.05) is 26.7 Å². The van der Waals surface area contributed by atoms with Gasteiger partial charge in [-0.1, -0.05) is 30.3 Å². The Morgan fingerprint density at radius 3 is 2.86 bits per heavy atom. The zero-order valence-corrected chi connectivity index (χ0v) is 12.6. The van der Waals surface area contributed by atoms with Gasteiger partial charge in [0.1, 0.15) is 0 Å². The summed E-state index contributed by atoms with van der Waals surface area (Å²) in [5, 5.41) is 3.38. The lowest BCUT2D eigenvalue weighted by Gasteiger charge is -2.39.